The molecular formula is C12H12BrClN2O5. The fraction of sp³-hybridized carbons (Fsp3) is 0.250. The normalized spacial score (nSPS) is 9.67. The number of ether oxygens (including phenoxy) is 2. The van der Waals surface area contributed by atoms with E-state index in [2.05, 4.69) is 26.1 Å². The fourth-order valence-corrected chi connectivity index (χ4v) is 1.84. The third-order valence-corrected chi connectivity index (χ3v) is 2.77. The van der Waals surface area contributed by atoms with Crippen LogP contribution in [0.5, 0.6) is 5.75 Å². The third kappa shape index (κ3) is 6.96. The van der Waals surface area contributed by atoms with E-state index in [0.717, 1.165) is 4.47 Å². The number of halogens is 2. The number of rotatable bonds is 5. The zero-order valence-corrected chi connectivity index (χ0v) is 13.3. The monoisotopic (exact) mass is 378 g/mol. The van der Waals surface area contributed by atoms with Crippen LogP contribution in [0.15, 0.2) is 22.7 Å². The van der Waals surface area contributed by atoms with Gasteiger partial charge in [0.05, 0.1) is 5.02 Å². The maximum absolute atomic E-state index is 11.4. The van der Waals surface area contributed by atoms with Gasteiger partial charge in [0.1, 0.15) is 5.75 Å². The van der Waals surface area contributed by atoms with Crippen molar-refractivity contribution < 1.29 is 23.9 Å². The van der Waals surface area contributed by atoms with Crippen LogP contribution < -0.4 is 15.6 Å². The number of esters is 1. The quantitative estimate of drug-likeness (QED) is 0.592. The largest absolute Gasteiger partial charge is 0.480 e. The Morgan fingerprint density at radius 3 is 2.57 bits per heavy atom. The Labute approximate surface area is 134 Å². The molecule has 0 aromatic heterocycles. The Kier molecular flexibility index (Phi) is 6.97. The van der Waals surface area contributed by atoms with Crippen LogP contribution in [0.3, 0.4) is 0 Å². The predicted octanol–water partition coefficient (Wildman–Crippen LogP) is 1.19. The van der Waals surface area contributed by atoms with Gasteiger partial charge in [-0.15, -0.1) is 0 Å². The molecule has 0 aliphatic carbocycles. The van der Waals surface area contributed by atoms with E-state index in [9.17, 15) is 14.4 Å². The van der Waals surface area contributed by atoms with Crippen LogP contribution in [0.25, 0.3) is 0 Å². The van der Waals surface area contributed by atoms with Crippen LogP contribution in [0.1, 0.15) is 6.92 Å². The summed E-state index contributed by atoms with van der Waals surface area (Å²) in [4.78, 5) is 33.0. The van der Waals surface area contributed by atoms with Gasteiger partial charge < -0.3 is 9.47 Å². The predicted molar refractivity (Wildman–Crippen MR) is 77.6 cm³/mol. The number of nitrogens with one attached hydrogen (secondary N) is 2. The number of amides is 2. The number of carbonyl (C=O) groups is 3. The molecule has 21 heavy (non-hydrogen) atoms. The molecule has 0 unspecified atom stereocenters. The maximum Gasteiger partial charge on any atom is 0.344 e. The third-order valence-electron chi connectivity index (χ3n) is 1.98. The van der Waals surface area contributed by atoms with Gasteiger partial charge in [-0.2, -0.15) is 0 Å². The molecule has 0 atom stereocenters. The minimum Gasteiger partial charge on any atom is -0.480 e. The molecule has 0 radical (unpaired) electrons. The molecule has 9 heteroatoms. The highest BCUT2D eigenvalue weighted by atomic mass is 79.9. The molecule has 1 aromatic rings. The molecule has 1 rings (SSSR count). The molecule has 0 aliphatic rings. The summed E-state index contributed by atoms with van der Waals surface area (Å²) in [5.74, 6) is -1.53. The van der Waals surface area contributed by atoms with Crippen LogP contribution in [-0.2, 0) is 19.1 Å². The lowest BCUT2D eigenvalue weighted by molar-refractivity contribution is -0.150. The second-order valence-electron chi connectivity index (χ2n) is 3.75. The number of carbonyl (C=O) groups excluding carboxylic acids is 3. The number of hydrogen-bond donors (Lipinski definition) is 2. The Morgan fingerprint density at radius 2 is 1.95 bits per heavy atom. The molecule has 0 saturated carbocycles. The number of hydrogen-bond acceptors (Lipinski definition) is 5. The van der Waals surface area contributed by atoms with Gasteiger partial charge >= 0.3 is 5.97 Å². The van der Waals surface area contributed by atoms with Crippen LogP contribution in [0.4, 0.5) is 0 Å². The second-order valence-corrected chi connectivity index (χ2v) is 5.08. The Hall–Kier alpha value is -1.80. The van der Waals surface area contributed by atoms with E-state index >= 15 is 0 Å². The lowest BCUT2D eigenvalue weighted by Crippen LogP contribution is -2.42. The summed E-state index contributed by atoms with van der Waals surface area (Å²) >= 11 is 9.14. The van der Waals surface area contributed by atoms with Crippen molar-refractivity contribution >= 4 is 45.3 Å². The van der Waals surface area contributed by atoms with Crippen LogP contribution in [-0.4, -0.2) is 31.0 Å². The summed E-state index contributed by atoms with van der Waals surface area (Å²) in [6.45, 7) is 0.299. The fourth-order valence-electron chi connectivity index (χ4n) is 1.11. The van der Waals surface area contributed by atoms with Crippen molar-refractivity contribution in [3.63, 3.8) is 0 Å². The van der Waals surface area contributed by atoms with Gasteiger partial charge in [0.2, 0.25) is 5.91 Å². The molecule has 0 aliphatic heterocycles. The first-order chi connectivity index (χ1) is 9.88. The van der Waals surface area contributed by atoms with Crippen molar-refractivity contribution in [3.8, 4) is 5.75 Å². The summed E-state index contributed by atoms with van der Waals surface area (Å²) in [7, 11) is 0. The standard InChI is InChI=1S/C12H12BrClN2O5/c1-7(17)15-16-11(18)5-21-12(19)6-20-10-3-2-8(13)4-9(10)14/h2-4H,5-6H2,1H3,(H,15,17)(H,16,18). The highest BCUT2D eigenvalue weighted by Crippen LogP contribution is 2.27. The maximum atomic E-state index is 11.4. The summed E-state index contributed by atoms with van der Waals surface area (Å²) < 4.78 is 10.6. The molecule has 1 aromatic carbocycles. The van der Waals surface area contributed by atoms with Gasteiger partial charge in [-0.25, -0.2) is 4.79 Å². The average Bonchev–Trinajstić information content (AvgIpc) is 2.41. The Bertz CT molecular complexity index is 552. The lowest BCUT2D eigenvalue weighted by Gasteiger charge is -2.09. The molecule has 0 bridgehead atoms. The molecule has 2 amide bonds. The smallest absolute Gasteiger partial charge is 0.344 e. The van der Waals surface area contributed by atoms with Gasteiger partial charge in [0, 0.05) is 11.4 Å². The van der Waals surface area contributed by atoms with Crippen molar-refractivity contribution in [2.24, 2.45) is 0 Å². The average molecular weight is 380 g/mol. The number of hydrazine groups is 1. The number of benzene rings is 1. The minimum atomic E-state index is -0.744. The molecule has 114 valence electrons. The van der Waals surface area contributed by atoms with Crippen molar-refractivity contribution in [3.05, 3.63) is 27.7 Å². The SMILES string of the molecule is CC(=O)NNC(=O)COC(=O)COc1ccc(Br)cc1Cl. The van der Waals surface area contributed by atoms with E-state index in [1.54, 1.807) is 18.2 Å². The summed E-state index contributed by atoms with van der Waals surface area (Å²) in [5, 5.41) is 0.334. The van der Waals surface area contributed by atoms with Gasteiger partial charge in [-0.1, -0.05) is 27.5 Å². The van der Waals surface area contributed by atoms with Crippen LogP contribution in [0.2, 0.25) is 5.02 Å². The van der Waals surface area contributed by atoms with E-state index in [-0.39, 0.29) is 0 Å². The molecular weight excluding hydrogens is 367 g/mol. The van der Waals surface area contributed by atoms with Gasteiger partial charge in [0.25, 0.3) is 5.91 Å². The molecule has 0 spiro atoms. The van der Waals surface area contributed by atoms with E-state index in [0.29, 0.717) is 10.8 Å². The molecule has 0 fully saturated rings. The summed E-state index contributed by atoms with van der Waals surface area (Å²) in [6.07, 6.45) is 0. The lowest BCUT2D eigenvalue weighted by atomic mass is 10.3. The molecule has 2 N–H and O–H groups in total. The van der Waals surface area contributed by atoms with Crippen LogP contribution >= 0.6 is 27.5 Å². The van der Waals surface area contributed by atoms with Crippen molar-refractivity contribution in [2.75, 3.05) is 13.2 Å². The topological polar surface area (TPSA) is 93.7 Å². The van der Waals surface area contributed by atoms with Crippen molar-refractivity contribution in [2.45, 2.75) is 6.92 Å². The first kappa shape index (κ1) is 17.3. The van der Waals surface area contributed by atoms with Crippen LogP contribution in [0, 0.1) is 0 Å². The van der Waals surface area contributed by atoms with E-state index in [4.69, 9.17) is 16.3 Å². The molecule has 0 saturated heterocycles. The molecule has 0 heterocycles. The summed E-state index contributed by atoms with van der Waals surface area (Å²) in [5.41, 5.74) is 4.10. The molecule has 7 nitrogen and oxygen atoms in total. The first-order valence-electron chi connectivity index (χ1n) is 5.67. The highest BCUT2D eigenvalue weighted by Gasteiger charge is 2.10. The van der Waals surface area contributed by atoms with E-state index in [1.807, 2.05) is 5.43 Å². The van der Waals surface area contributed by atoms with Crippen molar-refractivity contribution in [1.29, 1.82) is 0 Å². The zero-order valence-electron chi connectivity index (χ0n) is 10.9. The minimum absolute atomic E-state index is 0.319. The van der Waals surface area contributed by atoms with E-state index in [1.165, 1.54) is 6.92 Å². The zero-order chi connectivity index (χ0) is 15.8. The first-order valence-corrected chi connectivity index (χ1v) is 6.84. The summed E-state index contributed by atoms with van der Waals surface area (Å²) in [6, 6.07) is 4.90. The highest BCUT2D eigenvalue weighted by molar-refractivity contribution is 9.10. The Morgan fingerprint density at radius 1 is 1.24 bits per heavy atom. The van der Waals surface area contributed by atoms with Gasteiger partial charge in [-0.05, 0) is 18.2 Å². The van der Waals surface area contributed by atoms with Crippen molar-refractivity contribution in [1.82, 2.24) is 10.9 Å². The van der Waals surface area contributed by atoms with Gasteiger partial charge in [0.15, 0.2) is 13.2 Å². The van der Waals surface area contributed by atoms with E-state index < -0.39 is 31.0 Å². The van der Waals surface area contributed by atoms with Gasteiger partial charge in [-0.3, -0.25) is 20.4 Å². The Balaban J connectivity index is 2.31. The second kappa shape index (κ2) is 8.48.